The Bertz CT molecular complexity index is 839. The molecule has 3 rings (SSSR count). The molecule has 2 amide bonds. The number of hydrogen-bond acceptors (Lipinski definition) is 3. The lowest BCUT2D eigenvalue weighted by Crippen LogP contribution is -2.42. The van der Waals surface area contributed by atoms with Gasteiger partial charge in [-0.2, -0.15) is 0 Å². The van der Waals surface area contributed by atoms with Crippen LogP contribution >= 0.6 is 0 Å². The molecule has 5 heteroatoms. The van der Waals surface area contributed by atoms with Gasteiger partial charge in [0.15, 0.2) is 0 Å². The molecule has 2 aromatic rings. The van der Waals surface area contributed by atoms with Crippen molar-refractivity contribution in [3.63, 3.8) is 0 Å². The van der Waals surface area contributed by atoms with Crippen LogP contribution in [-0.2, 0) is 9.53 Å². The summed E-state index contributed by atoms with van der Waals surface area (Å²) in [5, 5.41) is 2.95. The maximum atomic E-state index is 13.0. The Morgan fingerprint density at radius 3 is 2.54 bits per heavy atom. The molecule has 0 unspecified atom stereocenters. The molecule has 1 atom stereocenters. The summed E-state index contributed by atoms with van der Waals surface area (Å²) in [4.78, 5) is 27.3. The second-order valence-electron chi connectivity index (χ2n) is 7.48. The maximum absolute atomic E-state index is 13.0. The molecular formula is C23H28N2O3. The molecule has 1 aliphatic rings. The van der Waals surface area contributed by atoms with Crippen molar-refractivity contribution >= 4 is 17.5 Å². The zero-order valence-corrected chi connectivity index (χ0v) is 16.8. The summed E-state index contributed by atoms with van der Waals surface area (Å²) >= 11 is 0. The van der Waals surface area contributed by atoms with Crippen molar-refractivity contribution in [3.05, 3.63) is 64.7 Å². The Morgan fingerprint density at radius 1 is 1.11 bits per heavy atom. The van der Waals surface area contributed by atoms with E-state index in [1.54, 1.807) is 4.90 Å². The maximum Gasteiger partial charge on any atom is 0.254 e. The number of nitrogens with one attached hydrogen (secondary N) is 1. The summed E-state index contributed by atoms with van der Waals surface area (Å²) < 4.78 is 5.70. The molecule has 148 valence electrons. The minimum absolute atomic E-state index is 0.0000479. The second-order valence-corrected chi connectivity index (χ2v) is 7.48. The van der Waals surface area contributed by atoms with Gasteiger partial charge in [-0.15, -0.1) is 0 Å². The second kappa shape index (κ2) is 9.02. The van der Waals surface area contributed by atoms with Crippen LogP contribution in [0.15, 0.2) is 42.5 Å². The highest BCUT2D eigenvalue weighted by atomic mass is 16.5. The van der Waals surface area contributed by atoms with Crippen LogP contribution in [0, 0.1) is 20.8 Å². The molecule has 0 radical (unpaired) electrons. The van der Waals surface area contributed by atoms with Gasteiger partial charge in [0.2, 0.25) is 5.91 Å². The van der Waals surface area contributed by atoms with Crippen LogP contribution in [0.4, 0.5) is 5.69 Å². The summed E-state index contributed by atoms with van der Waals surface area (Å²) in [5.41, 5.74) is 4.61. The minimum atomic E-state index is -0.202. The molecule has 0 saturated carbocycles. The number of benzene rings is 2. The third-order valence-corrected chi connectivity index (χ3v) is 5.25. The van der Waals surface area contributed by atoms with E-state index >= 15 is 0 Å². The van der Waals surface area contributed by atoms with Crippen LogP contribution in [0.5, 0.6) is 0 Å². The predicted molar refractivity (Wildman–Crippen MR) is 111 cm³/mol. The molecular weight excluding hydrogens is 352 g/mol. The standard InChI is InChI=1S/C23H28N2O3/c1-16-9-11-19(12-10-16)23(27)25(14-20-7-5-13-28-20)15-22(26)24-21-8-4-6-17(2)18(21)3/h4,6,8-12,20H,5,7,13-15H2,1-3H3,(H,24,26)/t20-/m1/s1. The zero-order valence-electron chi connectivity index (χ0n) is 16.8. The summed E-state index contributed by atoms with van der Waals surface area (Å²) in [7, 11) is 0. The Morgan fingerprint density at radius 2 is 1.86 bits per heavy atom. The summed E-state index contributed by atoms with van der Waals surface area (Å²) in [6, 6.07) is 13.2. The van der Waals surface area contributed by atoms with E-state index < -0.39 is 0 Å². The number of aryl methyl sites for hydroxylation is 2. The van der Waals surface area contributed by atoms with E-state index in [0.29, 0.717) is 18.7 Å². The van der Waals surface area contributed by atoms with E-state index in [1.807, 2.05) is 63.2 Å². The van der Waals surface area contributed by atoms with E-state index in [9.17, 15) is 9.59 Å². The lowest BCUT2D eigenvalue weighted by molar-refractivity contribution is -0.117. The Hall–Kier alpha value is -2.66. The highest BCUT2D eigenvalue weighted by Gasteiger charge is 2.25. The molecule has 2 aromatic carbocycles. The Kier molecular flexibility index (Phi) is 6.47. The first kappa shape index (κ1) is 20.1. The lowest BCUT2D eigenvalue weighted by atomic mass is 10.1. The molecule has 1 fully saturated rings. The topological polar surface area (TPSA) is 58.6 Å². The van der Waals surface area contributed by atoms with Crippen LogP contribution in [0.1, 0.15) is 39.9 Å². The smallest absolute Gasteiger partial charge is 0.254 e. The number of ether oxygens (including phenoxy) is 1. The van der Waals surface area contributed by atoms with Gasteiger partial charge in [0.05, 0.1) is 6.10 Å². The molecule has 5 nitrogen and oxygen atoms in total. The quantitative estimate of drug-likeness (QED) is 0.828. The van der Waals surface area contributed by atoms with Gasteiger partial charge in [-0.25, -0.2) is 0 Å². The number of amides is 2. The van der Waals surface area contributed by atoms with Gasteiger partial charge in [0, 0.05) is 24.4 Å². The van der Waals surface area contributed by atoms with Crippen molar-refractivity contribution in [1.29, 1.82) is 0 Å². The van der Waals surface area contributed by atoms with E-state index in [1.165, 1.54) is 0 Å². The fraction of sp³-hybridized carbons (Fsp3) is 0.391. The van der Waals surface area contributed by atoms with Gasteiger partial charge in [0.25, 0.3) is 5.91 Å². The van der Waals surface area contributed by atoms with Crippen molar-refractivity contribution in [3.8, 4) is 0 Å². The van der Waals surface area contributed by atoms with E-state index in [4.69, 9.17) is 4.74 Å². The number of rotatable bonds is 6. The predicted octanol–water partition coefficient (Wildman–Crippen LogP) is 3.87. The summed E-state index contributed by atoms with van der Waals surface area (Å²) in [6.07, 6.45) is 1.89. The molecule has 0 aliphatic carbocycles. The van der Waals surface area contributed by atoms with Gasteiger partial charge in [-0.3, -0.25) is 9.59 Å². The Balaban J connectivity index is 1.74. The monoisotopic (exact) mass is 380 g/mol. The average molecular weight is 380 g/mol. The molecule has 28 heavy (non-hydrogen) atoms. The van der Waals surface area contributed by atoms with Crippen LogP contribution in [0.2, 0.25) is 0 Å². The van der Waals surface area contributed by atoms with Crippen molar-refractivity contribution in [2.45, 2.75) is 39.7 Å². The van der Waals surface area contributed by atoms with E-state index in [-0.39, 0.29) is 24.5 Å². The van der Waals surface area contributed by atoms with Crippen LogP contribution < -0.4 is 5.32 Å². The van der Waals surface area contributed by atoms with Gasteiger partial charge in [0.1, 0.15) is 6.54 Å². The van der Waals surface area contributed by atoms with Crippen molar-refractivity contribution in [2.24, 2.45) is 0 Å². The van der Waals surface area contributed by atoms with Crippen molar-refractivity contribution in [1.82, 2.24) is 4.90 Å². The molecule has 0 bridgehead atoms. The van der Waals surface area contributed by atoms with Crippen LogP contribution in [0.3, 0.4) is 0 Å². The van der Waals surface area contributed by atoms with E-state index in [0.717, 1.165) is 35.2 Å². The number of nitrogens with zero attached hydrogens (tertiary/aromatic N) is 1. The molecule has 1 aliphatic heterocycles. The first-order valence-electron chi connectivity index (χ1n) is 9.77. The molecule has 1 heterocycles. The molecule has 1 N–H and O–H groups in total. The highest BCUT2D eigenvalue weighted by Crippen LogP contribution is 2.19. The van der Waals surface area contributed by atoms with Gasteiger partial charge >= 0.3 is 0 Å². The fourth-order valence-corrected chi connectivity index (χ4v) is 3.38. The molecule has 0 aromatic heterocycles. The average Bonchev–Trinajstić information content (AvgIpc) is 3.18. The third kappa shape index (κ3) is 4.98. The number of anilines is 1. The van der Waals surface area contributed by atoms with Crippen LogP contribution in [0.25, 0.3) is 0 Å². The largest absolute Gasteiger partial charge is 0.376 e. The fourth-order valence-electron chi connectivity index (χ4n) is 3.38. The highest BCUT2D eigenvalue weighted by molar-refractivity contribution is 5.99. The van der Waals surface area contributed by atoms with Crippen LogP contribution in [-0.4, -0.2) is 42.5 Å². The van der Waals surface area contributed by atoms with Gasteiger partial charge in [-0.1, -0.05) is 29.8 Å². The van der Waals surface area contributed by atoms with Crippen molar-refractivity contribution < 1.29 is 14.3 Å². The van der Waals surface area contributed by atoms with Crippen molar-refractivity contribution in [2.75, 3.05) is 25.0 Å². The minimum Gasteiger partial charge on any atom is -0.376 e. The van der Waals surface area contributed by atoms with Gasteiger partial charge in [-0.05, 0) is 62.9 Å². The van der Waals surface area contributed by atoms with E-state index in [2.05, 4.69) is 5.32 Å². The molecule has 0 spiro atoms. The zero-order chi connectivity index (χ0) is 20.1. The summed E-state index contributed by atoms with van der Waals surface area (Å²) in [5.74, 6) is -0.348. The SMILES string of the molecule is Cc1ccc(C(=O)N(CC(=O)Nc2cccc(C)c2C)C[C@H]2CCCO2)cc1. The lowest BCUT2D eigenvalue weighted by Gasteiger charge is -2.25. The molecule has 1 saturated heterocycles. The Labute approximate surface area is 166 Å². The first-order valence-corrected chi connectivity index (χ1v) is 9.77. The van der Waals surface area contributed by atoms with Gasteiger partial charge < -0.3 is 15.0 Å². The number of carbonyl (C=O) groups excluding carboxylic acids is 2. The first-order chi connectivity index (χ1) is 13.4. The number of carbonyl (C=O) groups is 2. The number of hydrogen-bond donors (Lipinski definition) is 1. The third-order valence-electron chi connectivity index (χ3n) is 5.25. The normalized spacial score (nSPS) is 16.0. The summed E-state index contributed by atoms with van der Waals surface area (Å²) in [6.45, 7) is 7.11.